The number of aromatic nitrogens is 2. The molecule has 1 saturated heterocycles. The average molecular weight is 380 g/mol. The van der Waals surface area contributed by atoms with E-state index >= 15 is 0 Å². The van der Waals surface area contributed by atoms with Crippen LogP contribution in [0.15, 0.2) is 45.9 Å². The lowest BCUT2D eigenvalue weighted by atomic mass is 9.83. The first-order valence-electron chi connectivity index (χ1n) is 8.07. The Morgan fingerprint density at radius 1 is 1.20 bits per heavy atom. The van der Waals surface area contributed by atoms with Crippen molar-refractivity contribution < 1.29 is 4.42 Å². The number of nitrogens with one attached hydrogen (secondary N) is 1. The summed E-state index contributed by atoms with van der Waals surface area (Å²) in [5.41, 5.74) is 3.72. The summed E-state index contributed by atoms with van der Waals surface area (Å²) in [5.74, 6) is 0.985. The van der Waals surface area contributed by atoms with Crippen molar-refractivity contribution in [2.24, 2.45) is 5.92 Å². The van der Waals surface area contributed by atoms with E-state index in [1.807, 2.05) is 16.7 Å². The number of pyridine rings is 2. The van der Waals surface area contributed by atoms with Crippen molar-refractivity contribution in [1.29, 1.82) is 0 Å². The molecule has 0 saturated carbocycles. The molecular formula is C18H19Cl2N3O2. The molecule has 2 aliphatic heterocycles. The fourth-order valence-electron chi connectivity index (χ4n) is 4.07. The average Bonchev–Trinajstić information content (AvgIpc) is 3.04. The third-order valence-electron chi connectivity index (χ3n) is 5.11. The SMILES string of the molecule is Cl.Cl.O=c1cc(-c2nccc3occc23)cc2n1C[C@@H]1CNC[C@H]2C1. The molecule has 0 amide bonds. The molecule has 25 heavy (non-hydrogen) atoms. The fraction of sp³-hybridized carbons (Fsp3) is 0.333. The first-order valence-corrected chi connectivity index (χ1v) is 8.07. The maximum atomic E-state index is 12.7. The molecule has 0 unspecified atom stereocenters. The molecule has 7 heteroatoms. The normalized spacial score (nSPS) is 21.1. The van der Waals surface area contributed by atoms with Crippen LogP contribution in [0.5, 0.6) is 0 Å². The van der Waals surface area contributed by atoms with Crippen LogP contribution in [0, 0.1) is 5.92 Å². The monoisotopic (exact) mass is 379 g/mol. The Bertz CT molecular complexity index is 966. The maximum Gasteiger partial charge on any atom is 0.251 e. The molecule has 5 heterocycles. The van der Waals surface area contributed by atoms with Crippen LogP contribution >= 0.6 is 24.8 Å². The van der Waals surface area contributed by atoms with Gasteiger partial charge in [-0.25, -0.2) is 0 Å². The van der Waals surface area contributed by atoms with Gasteiger partial charge in [-0.05, 0) is 37.1 Å². The second-order valence-electron chi connectivity index (χ2n) is 6.57. The summed E-state index contributed by atoms with van der Waals surface area (Å²) in [7, 11) is 0. The van der Waals surface area contributed by atoms with E-state index in [1.54, 1.807) is 18.5 Å². The molecule has 2 atom stereocenters. The number of nitrogens with zero attached hydrogens (tertiary/aromatic N) is 2. The molecule has 2 bridgehead atoms. The Morgan fingerprint density at radius 3 is 2.96 bits per heavy atom. The van der Waals surface area contributed by atoms with Crippen LogP contribution in [0.3, 0.4) is 0 Å². The predicted molar refractivity (Wildman–Crippen MR) is 102 cm³/mol. The Hall–Kier alpha value is -1.82. The molecule has 0 spiro atoms. The Balaban J connectivity index is 0.000000911. The lowest BCUT2D eigenvalue weighted by Gasteiger charge is -2.37. The van der Waals surface area contributed by atoms with E-state index in [4.69, 9.17) is 4.42 Å². The van der Waals surface area contributed by atoms with E-state index in [1.165, 1.54) is 6.42 Å². The van der Waals surface area contributed by atoms with Crippen molar-refractivity contribution in [2.45, 2.75) is 18.9 Å². The minimum atomic E-state index is 0. The third-order valence-corrected chi connectivity index (χ3v) is 5.11. The van der Waals surface area contributed by atoms with Crippen LogP contribution in [0.2, 0.25) is 0 Å². The van der Waals surface area contributed by atoms with Crippen molar-refractivity contribution in [3.05, 3.63) is 52.8 Å². The quantitative estimate of drug-likeness (QED) is 0.705. The first-order chi connectivity index (χ1) is 11.3. The molecule has 132 valence electrons. The van der Waals surface area contributed by atoms with Crippen molar-refractivity contribution in [3.8, 4) is 11.3 Å². The van der Waals surface area contributed by atoms with Crippen molar-refractivity contribution >= 4 is 35.8 Å². The summed E-state index contributed by atoms with van der Waals surface area (Å²) in [6, 6.07) is 7.61. The van der Waals surface area contributed by atoms with Crippen molar-refractivity contribution in [2.75, 3.05) is 13.1 Å². The zero-order valence-corrected chi connectivity index (χ0v) is 15.1. The minimum Gasteiger partial charge on any atom is -0.464 e. The molecule has 3 aromatic heterocycles. The largest absolute Gasteiger partial charge is 0.464 e. The summed E-state index contributed by atoms with van der Waals surface area (Å²) in [4.78, 5) is 17.2. The highest BCUT2D eigenvalue weighted by Crippen LogP contribution is 2.34. The van der Waals surface area contributed by atoms with Gasteiger partial charge in [0.15, 0.2) is 0 Å². The van der Waals surface area contributed by atoms with Gasteiger partial charge in [0.1, 0.15) is 5.58 Å². The molecule has 2 aliphatic rings. The minimum absolute atomic E-state index is 0. The zero-order chi connectivity index (χ0) is 15.4. The van der Waals surface area contributed by atoms with E-state index < -0.39 is 0 Å². The molecule has 5 nitrogen and oxygen atoms in total. The number of halogens is 2. The first kappa shape index (κ1) is 18.0. The van der Waals surface area contributed by atoms with Crippen LogP contribution < -0.4 is 10.9 Å². The number of hydrogen-bond donors (Lipinski definition) is 1. The van der Waals surface area contributed by atoms with Gasteiger partial charge in [-0.1, -0.05) is 0 Å². The summed E-state index contributed by atoms with van der Waals surface area (Å²) in [6.45, 7) is 2.78. The summed E-state index contributed by atoms with van der Waals surface area (Å²) >= 11 is 0. The smallest absolute Gasteiger partial charge is 0.251 e. The van der Waals surface area contributed by atoms with Gasteiger partial charge in [-0.3, -0.25) is 9.78 Å². The lowest BCUT2D eigenvalue weighted by Crippen LogP contribution is -2.44. The topological polar surface area (TPSA) is 60.1 Å². The second-order valence-corrected chi connectivity index (χ2v) is 6.57. The van der Waals surface area contributed by atoms with E-state index in [0.717, 1.165) is 47.6 Å². The van der Waals surface area contributed by atoms with E-state index in [2.05, 4.69) is 16.4 Å². The van der Waals surface area contributed by atoms with Crippen LogP contribution in [-0.2, 0) is 6.54 Å². The van der Waals surface area contributed by atoms with Crippen LogP contribution in [-0.4, -0.2) is 22.6 Å². The molecule has 5 rings (SSSR count). The molecule has 0 aliphatic carbocycles. The number of fused-ring (bicyclic) bond motifs is 5. The van der Waals surface area contributed by atoms with E-state index in [0.29, 0.717) is 11.8 Å². The zero-order valence-electron chi connectivity index (χ0n) is 13.5. The predicted octanol–water partition coefficient (Wildman–Crippen LogP) is 3.21. The summed E-state index contributed by atoms with van der Waals surface area (Å²) in [5, 5.41) is 4.44. The standard InChI is InChI=1S/C18H17N3O2.2ClH/c22-17-7-12(18-14-2-4-23-16(14)1-3-20-18)6-15-13-5-11(8-19-9-13)10-21(15)17;;/h1-4,6-7,11,13,19H,5,8-10H2;2*1H/t11-,13+;;/m0../s1. The highest BCUT2D eigenvalue weighted by atomic mass is 35.5. The Kier molecular flexibility index (Phi) is 4.91. The summed E-state index contributed by atoms with van der Waals surface area (Å²) in [6.07, 6.45) is 4.56. The molecular weight excluding hydrogens is 361 g/mol. The lowest BCUT2D eigenvalue weighted by molar-refractivity contribution is 0.257. The fourth-order valence-corrected chi connectivity index (χ4v) is 4.07. The van der Waals surface area contributed by atoms with Gasteiger partial charge in [-0.15, -0.1) is 24.8 Å². The van der Waals surface area contributed by atoms with Gasteiger partial charge in [0.2, 0.25) is 0 Å². The van der Waals surface area contributed by atoms with Gasteiger partial charge in [0.25, 0.3) is 5.56 Å². The molecule has 1 N–H and O–H groups in total. The Morgan fingerprint density at radius 2 is 2.08 bits per heavy atom. The molecule has 0 radical (unpaired) electrons. The second kappa shape index (κ2) is 6.83. The van der Waals surface area contributed by atoms with Crippen LogP contribution in [0.4, 0.5) is 0 Å². The van der Waals surface area contributed by atoms with Crippen molar-refractivity contribution in [3.63, 3.8) is 0 Å². The number of furan rings is 1. The van der Waals surface area contributed by atoms with Gasteiger partial charge in [0, 0.05) is 47.9 Å². The molecule has 1 fully saturated rings. The Labute approximate surface area is 157 Å². The number of rotatable bonds is 1. The third kappa shape index (κ3) is 2.86. The van der Waals surface area contributed by atoms with E-state index in [9.17, 15) is 4.79 Å². The van der Waals surface area contributed by atoms with Crippen LogP contribution in [0.25, 0.3) is 22.2 Å². The number of piperidine rings is 1. The summed E-state index contributed by atoms with van der Waals surface area (Å²) < 4.78 is 7.41. The maximum absolute atomic E-state index is 12.7. The number of hydrogen-bond acceptors (Lipinski definition) is 4. The van der Waals surface area contributed by atoms with Gasteiger partial charge in [-0.2, -0.15) is 0 Å². The van der Waals surface area contributed by atoms with Crippen molar-refractivity contribution in [1.82, 2.24) is 14.9 Å². The van der Waals surface area contributed by atoms with Crippen LogP contribution in [0.1, 0.15) is 18.0 Å². The highest BCUT2D eigenvalue weighted by molar-refractivity contribution is 5.91. The van der Waals surface area contributed by atoms with Gasteiger partial charge < -0.3 is 14.3 Å². The van der Waals surface area contributed by atoms with E-state index in [-0.39, 0.29) is 30.4 Å². The van der Waals surface area contributed by atoms with Gasteiger partial charge >= 0.3 is 0 Å². The molecule has 0 aromatic carbocycles. The van der Waals surface area contributed by atoms with Gasteiger partial charge in [0.05, 0.1) is 12.0 Å². The highest BCUT2D eigenvalue weighted by Gasteiger charge is 2.31. The molecule has 3 aromatic rings.